The van der Waals surface area contributed by atoms with Gasteiger partial charge in [-0.2, -0.15) is 0 Å². The van der Waals surface area contributed by atoms with Crippen LogP contribution in [0.3, 0.4) is 0 Å². The maximum Gasteiger partial charge on any atom is 0.255 e. The Hall–Kier alpha value is -2.62. The van der Waals surface area contributed by atoms with Crippen molar-refractivity contribution in [1.29, 1.82) is 0 Å². The number of benzene rings is 2. The molecule has 1 saturated carbocycles. The van der Waals surface area contributed by atoms with Crippen LogP contribution in [0.2, 0.25) is 0 Å². The van der Waals surface area contributed by atoms with Crippen molar-refractivity contribution in [3.05, 3.63) is 71.3 Å². The van der Waals surface area contributed by atoms with Crippen molar-refractivity contribution in [2.24, 2.45) is 0 Å². The molecule has 4 nitrogen and oxygen atoms in total. The lowest BCUT2D eigenvalue weighted by molar-refractivity contribution is -0.126. The number of hydrogen-bond acceptors (Lipinski definition) is 2. The molecule has 1 atom stereocenters. The van der Waals surface area contributed by atoms with Gasteiger partial charge in [0.1, 0.15) is 6.04 Å². The number of amides is 2. The standard InChI is InChI=1S/C21H22N2O2/c24-20(22-16-10-4-5-11-16)19-17-12-6-7-13-18(17)21(25)23(19)14-15-8-2-1-3-9-15/h1-3,6-9,12-13,16,19H,4-5,10-11,14H2,(H,22,24). The third-order valence-electron chi connectivity index (χ3n) is 5.20. The summed E-state index contributed by atoms with van der Waals surface area (Å²) in [6.45, 7) is 0.442. The molecule has 0 spiro atoms. The van der Waals surface area contributed by atoms with E-state index >= 15 is 0 Å². The summed E-state index contributed by atoms with van der Waals surface area (Å²) in [6.07, 6.45) is 4.40. The number of carbonyl (C=O) groups excluding carboxylic acids is 2. The molecule has 25 heavy (non-hydrogen) atoms. The average molecular weight is 334 g/mol. The highest BCUT2D eigenvalue weighted by atomic mass is 16.2. The second-order valence-electron chi connectivity index (χ2n) is 6.90. The van der Waals surface area contributed by atoms with Gasteiger partial charge in [-0.15, -0.1) is 0 Å². The Labute approximate surface area is 147 Å². The van der Waals surface area contributed by atoms with Gasteiger partial charge in [-0.3, -0.25) is 9.59 Å². The minimum Gasteiger partial charge on any atom is -0.351 e. The fourth-order valence-corrected chi connectivity index (χ4v) is 3.95. The van der Waals surface area contributed by atoms with Crippen molar-refractivity contribution < 1.29 is 9.59 Å². The SMILES string of the molecule is O=C(NC1CCCC1)C1c2ccccc2C(=O)N1Cc1ccccc1. The van der Waals surface area contributed by atoms with Gasteiger partial charge in [-0.05, 0) is 30.0 Å². The molecule has 0 saturated heterocycles. The number of hydrogen-bond donors (Lipinski definition) is 1. The fraction of sp³-hybridized carbons (Fsp3) is 0.333. The lowest BCUT2D eigenvalue weighted by Gasteiger charge is -2.26. The molecule has 1 N–H and O–H groups in total. The van der Waals surface area contributed by atoms with Gasteiger partial charge in [0.2, 0.25) is 5.91 Å². The van der Waals surface area contributed by atoms with Gasteiger partial charge in [0.05, 0.1) is 0 Å². The number of rotatable bonds is 4. The van der Waals surface area contributed by atoms with E-state index in [0.29, 0.717) is 12.1 Å². The summed E-state index contributed by atoms with van der Waals surface area (Å²) >= 11 is 0. The monoisotopic (exact) mass is 334 g/mol. The van der Waals surface area contributed by atoms with Crippen molar-refractivity contribution in [2.75, 3.05) is 0 Å². The van der Waals surface area contributed by atoms with Crippen molar-refractivity contribution in [3.8, 4) is 0 Å². The zero-order chi connectivity index (χ0) is 17.2. The Kier molecular flexibility index (Phi) is 4.26. The predicted molar refractivity (Wildman–Crippen MR) is 95.9 cm³/mol. The summed E-state index contributed by atoms with van der Waals surface area (Å²) in [6, 6.07) is 17.0. The highest BCUT2D eigenvalue weighted by Crippen LogP contribution is 2.35. The van der Waals surface area contributed by atoms with Crippen LogP contribution in [0.4, 0.5) is 0 Å². The van der Waals surface area contributed by atoms with Gasteiger partial charge < -0.3 is 10.2 Å². The largest absolute Gasteiger partial charge is 0.351 e. The molecule has 1 aliphatic carbocycles. The quantitative estimate of drug-likeness (QED) is 0.931. The van der Waals surface area contributed by atoms with E-state index in [-0.39, 0.29) is 17.9 Å². The molecular weight excluding hydrogens is 312 g/mol. The van der Waals surface area contributed by atoms with Crippen molar-refractivity contribution in [3.63, 3.8) is 0 Å². The van der Waals surface area contributed by atoms with E-state index in [4.69, 9.17) is 0 Å². The summed E-state index contributed by atoms with van der Waals surface area (Å²) in [5, 5.41) is 3.17. The van der Waals surface area contributed by atoms with E-state index in [0.717, 1.165) is 24.0 Å². The Morgan fingerprint density at radius 3 is 2.44 bits per heavy atom. The zero-order valence-corrected chi connectivity index (χ0v) is 14.2. The first-order valence-corrected chi connectivity index (χ1v) is 8.98. The van der Waals surface area contributed by atoms with Gasteiger partial charge in [-0.25, -0.2) is 0 Å². The van der Waals surface area contributed by atoms with E-state index in [1.165, 1.54) is 12.8 Å². The summed E-state index contributed by atoms with van der Waals surface area (Å²) in [5.74, 6) is -0.118. The van der Waals surface area contributed by atoms with Gasteiger partial charge in [0.25, 0.3) is 5.91 Å². The van der Waals surface area contributed by atoms with Crippen molar-refractivity contribution >= 4 is 11.8 Å². The second kappa shape index (κ2) is 6.71. The van der Waals surface area contributed by atoms with Gasteiger partial charge in [-0.1, -0.05) is 61.4 Å². The van der Waals surface area contributed by atoms with Crippen LogP contribution >= 0.6 is 0 Å². The van der Waals surface area contributed by atoms with Crippen LogP contribution in [0.25, 0.3) is 0 Å². The van der Waals surface area contributed by atoms with Crippen molar-refractivity contribution in [1.82, 2.24) is 10.2 Å². The molecule has 1 unspecified atom stereocenters. The third-order valence-corrected chi connectivity index (χ3v) is 5.20. The first-order valence-electron chi connectivity index (χ1n) is 8.98. The normalized spacial score (nSPS) is 19.9. The lowest BCUT2D eigenvalue weighted by atomic mass is 10.0. The Morgan fingerprint density at radius 2 is 1.68 bits per heavy atom. The maximum atomic E-state index is 13.0. The first-order chi connectivity index (χ1) is 12.2. The average Bonchev–Trinajstić information content (AvgIpc) is 3.23. The molecule has 0 aromatic heterocycles. The van der Waals surface area contributed by atoms with E-state index in [1.807, 2.05) is 54.6 Å². The number of carbonyl (C=O) groups is 2. The zero-order valence-electron chi connectivity index (χ0n) is 14.2. The number of nitrogens with zero attached hydrogens (tertiary/aromatic N) is 1. The van der Waals surface area contributed by atoms with Crippen LogP contribution in [0.5, 0.6) is 0 Å². The predicted octanol–water partition coefficient (Wildman–Crippen LogP) is 3.44. The molecule has 1 heterocycles. The molecule has 4 rings (SSSR count). The molecule has 1 fully saturated rings. The molecule has 2 aliphatic rings. The summed E-state index contributed by atoms with van der Waals surface area (Å²) in [7, 11) is 0. The van der Waals surface area contributed by atoms with Gasteiger partial charge >= 0.3 is 0 Å². The minimum atomic E-state index is -0.537. The van der Waals surface area contributed by atoms with E-state index in [1.54, 1.807) is 4.90 Å². The number of nitrogens with one attached hydrogen (secondary N) is 1. The Balaban J connectivity index is 1.63. The molecule has 128 valence electrons. The van der Waals surface area contributed by atoms with Crippen molar-refractivity contribution in [2.45, 2.75) is 44.3 Å². The van der Waals surface area contributed by atoms with Gasteiger partial charge in [0.15, 0.2) is 0 Å². The van der Waals surface area contributed by atoms with E-state index in [2.05, 4.69) is 5.32 Å². The highest BCUT2D eigenvalue weighted by molar-refractivity contribution is 6.04. The first kappa shape index (κ1) is 15.9. The van der Waals surface area contributed by atoms with Crippen LogP contribution in [-0.2, 0) is 11.3 Å². The van der Waals surface area contributed by atoms with Gasteiger partial charge in [0, 0.05) is 18.2 Å². The molecule has 2 aromatic rings. The molecule has 2 amide bonds. The smallest absolute Gasteiger partial charge is 0.255 e. The lowest BCUT2D eigenvalue weighted by Crippen LogP contribution is -2.42. The second-order valence-corrected chi connectivity index (χ2v) is 6.90. The molecule has 4 heteroatoms. The van der Waals surface area contributed by atoms with Crippen LogP contribution in [0.1, 0.15) is 53.2 Å². The topological polar surface area (TPSA) is 49.4 Å². The molecule has 0 bridgehead atoms. The maximum absolute atomic E-state index is 13.0. The fourth-order valence-electron chi connectivity index (χ4n) is 3.95. The summed E-state index contributed by atoms with van der Waals surface area (Å²) < 4.78 is 0. The number of fused-ring (bicyclic) bond motifs is 1. The summed E-state index contributed by atoms with van der Waals surface area (Å²) in [4.78, 5) is 27.6. The molecule has 0 radical (unpaired) electrons. The minimum absolute atomic E-state index is 0.0545. The Bertz CT molecular complexity index is 781. The van der Waals surface area contributed by atoms with Crippen LogP contribution < -0.4 is 5.32 Å². The van der Waals surface area contributed by atoms with Crippen LogP contribution in [-0.4, -0.2) is 22.8 Å². The molecule has 2 aromatic carbocycles. The summed E-state index contributed by atoms with van der Waals surface area (Å²) in [5.41, 5.74) is 2.49. The Morgan fingerprint density at radius 1 is 1.00 bits per heavy atom. The van der Waals surface area contributed by atoms with E-state index in [9.17, 15) is 9.59 Å². The molecular formula is C21H22N2O2. The highest BCUT2D eigenvalue weighted by Gasteiger charge is 2.41. The van der Waals surface area contributed by atoms with Crippen LogP contribution in [0.15, 0.2) is 54.6 Å². The van der Waals surface area contributed by atoms with E-state index < -0.39 is 6.04 Å². The third kappa shape index (κ3) is 3.04. The molecule has 1 aliphatic heterocycles. The van der Waals surface area contributed by atoms with Crippen LogP contribution in [0, 0.1) is 0 Å².